The molecular formula is C50H100NO9P. The quantitative estimate of drug-likeness (QED) is 0.0305. The molecule has 11 heteroatoms. The van der Waals surface area contributed by atoms with E-state index in [1.54, 1.807) is 0 Å². The third kappa shape index (κ3) is 46.8. The van der Waals surface area contributed by atoms with Crippen molar-refractivity contribution < 1.29 is 42.7 Å². The molecule has 0 saturated carbocycles. The van der Waals surface area contributed by atoms with Crippen LogP contribution in [0.1, 0.15) is 271 Å². The number of carboxylic acid groups (broad SMARTS) is 1. The van der Waals surface area contributed by atoms with Crippen LogP contribution in [0.25, 0.3) is 0 Å². The van der Waals surface area contributed by atoms with Crippen LogP contribution in [0, 0.1) is 0 Å². The van der Waals surface area contributed by atoms with Crippen LogP contribution in [0.5, 0.6) is 0 Å². The summed E-state index contributed by atoms with van der Waals surface area (Å²) in [5.41, 5.74) is 5.38. The Kier molecular flexibility index (Phi) is 46.2. The molecular weight excluding hydrogens is 790 g/mol. The Morgan fingerprint density at radius 1 is 0.459 bits per heavy atom. The Morgan fingerprint density at radius 3 is 1.08 bits per heavy atom. The molecule has 3 atom stereocenters. The summed E-state index contributed by atoms with van der Waals surface area (Å²) < 4.78 is 33.5. The van der Waals surface area contributed by atoms with Crippen LogP contribution in [-0.2, 0) is 32.7 Å². The first-order valence-corrected chi connectivity index (χ1v) is 27.6. The molecule has 4 N–H and O–H groups in total. The lowest BCUT2D eigenvalue weighted by molar-refractivity contribution is -0.154. The van der Waals surface area contributed by atoms with E-state index in [9.17, 15) is 19.0 Å². The highest BCUT2D eigenvalue weighted by Gasteiger charge is 2.27. The largest absolute Gasteiger partial charge is 0.480 e. The van der Waals surface area contributed by atoms with Gasteiger partial charge in [0.2, 0.25) is 0 Å². The van der Waals surface area contributed by atoms with E-state index in [-0.39, 0.29) is 13.0 Å². The highest BCUT2D eigenvalue weighted by atomic mass is 31.2. The standard InChI is InChI=1S/C50H100NO9P/c1-3-5-7-9-11-13-15-17-19-21-23-24-25-27-29-31-33-35-37-39-41-43-57-44-47(45-58-61(55,56)59-46-48(51)50(53)54)60-49(52)42-40-38-36-34-32-30-28-26-22-20-18-16-14-12-10-8-6-4-2/h47-48H,3-46,51H2,1-2H3,(H,53,54)(H,55,56). The average Bonchev–Trinajstić information content (AvgIpc) is 3.24. The van der Waals surface area contributed by atoms with Crippen molar-refractivity contribution in [3.8, 4) is 0 Å². The van der Waals surface area contributed by atoms with Gasteiger partial charge >= 0.3 is 19.8 Å². The first-order chi connectivity index (χ1) is 29.7. The molecule has 0 aromatic heterocycles. The Bertz CT molecular complexity index is 987. The lowest BCUT2D eigenvalue weighted by atomic mass is 10.0. The predicted octanol–water partition coefficient (Wildman–Crippen LogP) is 15.1. The highest BCUT2D eigenvalue weighted by Crippen LogP contribution is 2.43. The van der Waals surface area contributed by atoms with Gasteiger partial charge in [0.15, 0.2) is 0 Å². The first-order valence-electron chi connectivity index (χ1n) is 26.1. The molecule has 364 valence electrons. The second kappa shape index (κ2) is 46.9. The van der Waals surface area contributed by atoms with Gasteiger partial charge in [-0.15, -0.1) is 0 Å². The minimum atomic E-state index is -4.61. The van der Waals surface area contributed by atoms with E-state index in [4.69, 9.17) is 29.4 Å². The van der Waals surface area contributed by atoms with Crippen molar-refractivity contribution in [2.45, 2.75) is 283 Å². The molecule has 10 nitrogen and oxygen atoms in total. The van der Waals surface area contributed by atoms with Gasteiger partial charge < -0.3 is 25.2 Å². The molecule has 3 unspecified atom stereocenters. The van der Waals surface area contributed by atoms with E-state index in [0.717, 1.165) is 38.5 Å². The highest BCUT2D eigenvalue weighted by molar-refractivity contribution is 7.47. The van der Waals surface area contributed by atoms with E-state index in [0.29, 0.717) is 6.61 Å². The smallest absolute Gasteiger partial charge is 0.472 e. The second-order valence-corrected chi connectivity index (χ2v) is 19.5. The molecule has 0 bridgehead atoms. The lowest BCUT2D eigenvalue weighted by Gasteiger charge is -2.20. The minimum Gasteiger partial charge on any atom is -0.480 e. The Labute approximate surface area is 376 Å². The van der Waals surface area contributed by atoms with Crippen molar-refractivity contribution in [1.82, 2.24) is 0 Å². The molecule has 0 radical (unpaired) electrons. The summed E-state index contributed by atoms with van der Waals surface area (Å²) in [6, 6.07) is -1.47. The molecule has 0 aliphatic heterocycles. The fraction of sp³-hybridized carbons (Fsp3) is 0.960. The van der Waals surface area contributed by atoms with Gasteiger partial charge in [0.05, 0.1) is 19.8 Å². The van der Waals surface area contributed by atoms with Crippen LogP contribution in [0.3, 0.4) is 0 Å². The predicted molar refractivity (Wildman–Crippen MR) is 254 cm³/mol. The van der Waals surface area contributed by atoms with E-state index < -0.39 is 45.1 Å². The molecule has 0 aliphatic rings. The first kappa shape index (κ1) is 60.0. The minimum absolute atomic E-state index is 0.0265. The SMILES string of the molecule is CCCCCCCCCCCCCCCCCCCCCCCOCC(COP(=O)(O)OCC(N)C(=O)O)OC(=O)CCCCCCCCCCCCCCCCCCCC. The zero-order chi connectivity index (χ0) is 44.8. The van der Waals surface area contributed by atoms with Gasteiger partial charge in [-0.1, -0.05) is 251 Å². The number of carbonyl (C=O) groups excluding carboxylic acids is 1. The maximum Gasteiger partial charge on any atom is 0.472 e. The average molecular weight is 890 g/mol. The van der Waals surface area contributed by atoms with E-state index in [2.05, 4.69) is 13.8 Å². The van der Waals surface area contributed by atoms with Crippen LogP contribution in [0.4, 0.5) is 0 Å². The van der Waals surface area contributed by atoms with Crippen molar-refractivity contribution >= 4 is 19.8 Å². The number of unbranched alkanes of at least 4 members (excludes halogenated alkanes) is 37. The van der Waals surface area contributed by atoms with E-state index in [1.165, 1.54) is 212 Å². The Balaban J connectivity index is 4.07. The van der Waals surface area contributed by atoms with Crippen LogP contribution in [-0.4, -0.2) is 60.5 Å². The molecule has 0 fully saturated rings. The van der Waals surface area contributed by atoms with Gasteiger partial charge in [0.25, 0.3) is 0 Å². The van der Waals surface area contributed by atoms with Crippen LogP contribution in [0.15, 0.2) is 0 Å². The molecule has 61 heavy (non-hydrogen) atoms. The molecule has 0 aliphatic carbocycles. The van der Waals surface area contributed by atoms with Crippen molar-refractivity contribution in [3.63, 3.8) is 0 Å². The van der Waals surface area contributed by atoms with Gasteiger partial charge in [0, 0.05) is 13.0 Å². The zero-order valence-corrected chi connectivity index (χ0v) is 40.9. The second-order valence-electron chi connectivity index (χ2n) is 18.0. The van der Waals surface area contributed by atoms with Crippen molar-refractivity contribution in [2.24, 2.45) is 5.73 Å². The summed E-state index contributed by atoms with van der Waals surface area (Å²) in [5, 5.41) is 8.93. The number of phosphoric acid groups is 1. The van der Waals surface area contributed by atoms with Crippen molar-refractivity contribution in [2.75, 3.05) is 26.4 Å². The number of carboxylic acids is 1. The zero-order valence-electron chi connectivity index (χ0n) is 40.0. The fourth-order valence-electron chi connectivity index (χ4n) is 7.84. The number of carbonyl (C=O) groups is 2. The van der Waals surface area contributed by atoms with E-state index in [1.807, 2.05) is 0 Å². The summed E-state index contributed by atoms with van der Waals surface area (Å²) in [6.07, 6.45) is 50.2. The molecule has 0 heterocycles. The lowest BCUT2D eigenvalue weighted by Crippen LogP contribution is -2.34. The molecule has 0 rings (SSSR count). The number of hydrogen-bond donors (Lipinski definition) is 3. The van der Waals surface area contributed by atoms with Gasteiger partial charge in [-0.2, -0.15) is 0 Å². The summed E-state index contributed by atoms with van der Waals surface area (Å²) in [6.45, 7) is 3.96. The molecule has 0 spiro atoms. The third-order valence-corrected chi connectivity index (χ3v) is 12.8. The fourth-order valence-corrected chi connectivity index (χ4v) is 8.62. The van der Waals surface area contributed by atoms with E-state index >= 15 is 0 Å². The summed E-state index contributed by atoms with van der Waals surface area (Å²) in [4.78, 5) is 33.7. The maximum absolute atomic E-state index is 12.7. The van der Waals surface area contributed by atoms with Crippen molar-refractivity contribution in [1.29, 1.82) is 0 Å². The molecule has 0 aromatic carbocycles. The third-order valence-electron chi connectivity index (χ3n) is 11.9. The summed E-state index contributed by atoms with van der Waals surface area (Å²) >= 11 is 0. The van der Waals surface area contributed by atoms with Gasteiger partial charge in [-0.05, 0) is 12.8 Å². The summed E-state index contributed by atoms with van der Waals surface area (Å²) in [7, 11) is -4.61. The number of hydrogen-bond acceptors (Lipinski definition) is 8. The summed E-state index contributed by atoms with van der Waals surface area (Å²) in [5.74, 6) is -1.76. The number of nitrogens with two attached hydrogens (primary N) is 1. The maximum atomic E-state index is 12.7. The van der Waals surface area contributed by atoms with Gasteiger partial charge in [0.1, 0.15) is 12.1 Å². The van der Waals surface area contributed by atoms with Gasteiger partial charge in [-0.25, -0.2) is 4.57 Å². The number of ether oxygens (including phenoxy) is 2. The Morgan fingerprint density at radius 2 is 0.754 bits per heavy atom. The number of phosphoric ester groups is 1. The Hall–Kier alpha value is -1.03. The number of rotatable bonds is 51. The number of esters is 1. The van der Waals surface area contributed by atoms with Crippen LogP contribution >= 0.6 is 7.82 Å². The molecule has 0 saturated heterocycles. The topological polar surface area (TPSA) is 155 Å². The molecule has 0 amide bonds. The molecule has 0 aromatic rings. The normalized spacial score (nSPS) is 13.6. The van der Waals surface area contributed by atoms with Crippen molar-refractivity contribution in [3.05, 3.63) is 0 Å². The monoisotopic (exact) mass is 890 g/mol. The van der Waals surface area contributed by atoms with Gasteiger partial charge in [-0.3, -0.25) is 18.6 Å². The van der Waals surface area contributed by atoms with Crippen LogP contribution < -0.4 is 5.73 Å². The number of aliphatic carboxylic acids is 1. The van der Waals surface area contributed by atoms with Crippen LogP contribution in [0.2, 0.25) is 0 Å².